The smallest absolute Gasteiger partial charge is 0.191 e. The van der Waals surface area contributed by atoms with Gasteiger partial charge in [0.15, 0.2) is 5.96 Å². The summed E-state index contributed by atoms with van der Waals surface area (Å²) in [6, 6.07) is 3.26. The van der Waals surface area contributed by atoms with Crippen LogP contribution in [0.1, 0.15) is 45.2 Å². The summed E-state index contributed by atoms with van der Waals surface area (Å²) in [6.45, 7) is 13.0. The van der Waals surface area contributed by atoms with Crippen LogP contribution in [0.25, 0.3) is 0 Å². The highest BCUT2D eigenvalue weighted by Crippen LogP contribution is 2.22. The third kappa shape index (κ3) is 5.69. The SMILES string of the molecule is CCN1CCCC1CNC(=NC)NCC(c1ccsc1)N(CC)CC. The molecule has 2 atom stereocenters. The molecule has 1 aliphatic rings. The standard InChI is InChI=1S/C19H35N5S/c1-5-23(6-2)18(16-10-12-25-15-16)14-22-19(20-4)21-13-17-9-8-11-24(17)7-3/h10,12,15,17-18H,5-9,11,13-14H2,1-4H3,(H2,20,21,22). The lowest BCUT2D eigenvalue weighted by Crippen LogP contribution is -2.47. The minimum Gasteiger partial charge on any atom is -0.355 e. The fraction of sp³-hybridized carbons (Fsp3) is 0.737. The molecule has 0 aliphatic carbocycles. The number of likely N-dealkylation sites (N-methyl/N-ethyl adjacent to an activating group) is 2. The molecule has 6 heteroatoms. The van der Waals surface area contributed by atoms with E-state index in [0.717, 1.165) is 38.7 Å². The molecule has 1 saturated heterocycles. The van der Waals surface area contributed by atoms with Crippen LogP contribution < -0.4 is 10.6 Å². The summed E-state index contributed by atoms with van der Waals surface area (Å²) >= 11 is 1.77. The fourth-order valence-electron chi connectivity index (χ4n) is 3.76. The molecule has 2 rings (SSSR count). The molecule has 142 valence electrons. The highest BCUT2D eigenvalue weighted by Gasteiger charge is 2.23. The van der Waals surface area contributed by atoms with Crippen LogP contribution in [0.15, 0.2) is 21.8 Å². The maximum Gasteiger partial charge on any atom is 0.191 e. The Balaban J connectivity index is 1.89. The normalized spacial score (nSPS) is 20.2. The molecule has 0 saturated carbocycles. The number of nitrogens with one attached hydrogen (secondary N) is 2. The van der Waals surface area contributed by atoms with Crippen molar-refractivity contribution in [1.82, 2.24) is 20.4 Å². The van der Waals surface area contributed by atoms with Crippen LogP contribution in [0.4, 0.5) is 0 Å². The quantitative estimate of drug-likeness (QED) is 0.522. The first-order chi connectivity index (χ1) is 12.2. The van der Waals surface area contributed by atoms with Gasteiger partial charge in [0.25, 0.3) is 0 Å². The van der Waals surface area contributed by atoms with Crippen LogP contribution >= 0.6 is 11.3 Å². The second-order valence-corrected chi connectivity index (χ2v) is 7.33. The zero-order valence-electron chi connectivity index (χ0n) is 16.3. The average Bonchev–Trinajstić information content (AvgIpc) is 3.32. The van der Waals surface area contributed by atoms with Gasteiger partial charge in [0.05, 0.1) is 6.04 Å². The zero-order chi connectivity index (χ0) is 18.1. The van der Waals surface area contributed by atoms with Gasteiger partial charge in [0.1, 0.15) is 0 Å². The van der Waals surface area contributed by atoms with Crippen molar-refractivity contribution in [3.05, 3.63) is 22.4 Å². The van der Waals surface area contributed by atoms with Gasteiger partial charge in [-0.2, -0.15) is 11.3 Å². The largest absolute Gasteiger partial charge is 0.355 e. The molecule has 0 radical (unpaired) electrons. The number of rotatable bonds is 9. The number of thiophene rings is 1. The fourth-order valence-corrected chi connectivity index (χ4v) is 4.46. The van der Waals surface area contributed by atoms with E-state index < -0.39 is 0 Å². The lowest BCUT2D eigenvalue weighted by Gasteiger charge is -2.30. The van der Waals surface area contributed by atoms with Gasteiger partial charge in [0, 0.05) is 26.2 Å². The Hall–Kier alpha value is -1.11. The van der Waals surface area contributed by atoms with Crippen LogP contribution in [-0.4, -0.2) is 68.1 Å². The van der Waals surface area contributed by atoms with E-state index >= 15 is 0 Å². The number of aliphatic imine (C=N–C) groups is 1. The minimum atomic E-state index is 0.387. The highest BCUT2D eigenvalue weighted by atomic mass is 32.1. The number of likely N-dealkylation sites (tertiary alicyclic amines) is 1. The van der Waals surface area contributed by atoms with Crippen LogP contribution in [-0.2, 0) is 0 Å². The maximum absolute atomic E-state index is 4.42. The summed E-state index contributed by atoms with van der Waals surface area (Å²) in [4.78, 5) is 9.48. The van der Waals surface area contributed by atoms with Gasteiger partial charge in [-0.3, -0.25) is 14.8 Å². The van der Waals surface area contributed by atoms with E-state index in [1.54, 1.807) is 11.3 Å². The summed E-state index contributed by atoms with van der Waals surface area (Å²) in [5.74, 6) is 0.912. The van der Waals surface area contributed by atoms with Gasteiger partial charge in [0.2, 0.25) is 0 Å². The Kier molecular flexibility index (Phi) is 8.72. The van der Waals surface area contributed by atoms with Crippen molar-refractivity contribution in [1.29, 1.82) is 0 Å². The third-order valence-corrected chi connectivity index (χ3v) is 5.98. The topological polar surface area (TPSA) is 42.9 Å². The Labute approximate surface area is 157 Å². The first kappa shape index (κ1) is 20.2. The van der Waals surface area contributed by atoms with Gasteiger partial charge >= 0.3 is 0 Å². The van der Waals surface area contributed by atoms with Gasteiger partial charge in [-0.15, -0.1) is 0 Å². The Morgan fingerprint density at radius 1 is 1.36 bits per heavy atom. The Bertz CT molecular complexity index is 498. The molecule has 0 aromatic carbocycles. The van der Waals surface area contributed by atoms with E-state index in [0.29, 0.717) is 12.1 Å². The van der Waals surface area contributed by atoms with E-state index in [1.165, 1.54) is 24.9 Å². The lowest BCUT2D eigenvalue weighted by molar-refractivity contribution is 0.219. The van der Waals surface area contributed by atoms with E-state index in [4.69, 9.17) is 0 Å². The molecule has 1 aromatic heterocycles. The molecule has 0 bridgehead atoms. The number of nitrogens with zero attached hydrogens (tertiary/aromatic N) is 3. The van der Waals surface area contributed by atoms with E-state index in [9.17, 15) is 0 Å². The number of hydrogen-bond donors (Lipinski definition) is 2. The third-order valence-electron chi connectivity index (χ3n) is 5.28. The van der Waals surface area contributed by atoms with E-state index in [2.05, 4.69) is 63.0 Å². The average molecular weight is 366 g/mol. The second kappa shape index (κ2) is 10.8. The molecule has 2 unspecified atom stereocenters. The van der Waals surface area contributed by atoms with Crippen LogP contribution in [0.5, 0.6) is 0 Å². The molecule has 1 aliphatic heterocycles. The second-order valence-electron chi connectivity index (χ2n) is 6.55. The van der Waals surface area contributed by atoms with Crippen molar-refractivity contribution >= 4 is 17.3 Å². The number of guanidine groups is 1. The van der Waals surface area contributed by atoms with Crippen molar-refractivity contribution < 1.29 is 0 Å². The molecule has 2 N–H and O–H groups in total. The molecule has 1 fully saturated rings. The Morgan fingerprint density at radius 3 is 2.76 bits per heavy atom. The summed E-state index contributed by atoms with van der Waals surface area (Å²) < 4.78 is 0. The van der Waals surface area contributed by atoms with Crippen molar-refractivity contribution in [3.8, 4) is 0 Å². The summed E-state index contributed by atoms with van der Waals surface area (Å²) in [7, 11) is 1.86. The minimum absolute atomic E-state index is 0.387. The molecular formula is C19H35N5S. The summed E-state index contributed by atoms with van der Waals surface area (Å²) in [5, 5.41) is 11.5. The molecule has 1 aromatic rings. The van der Waals surface area contributed by atoms with Crippen LogP contribution in [0, 0.1) is 0 Å². The number of hydrogen-bond acceptors (Lipinski definition) is 4. The van der Waals surface area contributed by atoms with Crippen molar-refractivity contribution in [2.45, 2.75) is 45.7 Å². The van der Waals surface area contributed by atoms with Gasteiger partial charge in [-0.05, 0) is 61.4 Å². The molecule has 0 amide bonds. The Morgan fingerprint density at radius 2 is 2.16 bits per heavy atom. The first-order valence-corrected chi connectivity index (χ1v) is 10.6. The predicted molar refractivity (Wildman–Crippen MR) is 110 cm³/mol. The molecule has 5 nitrogen and oxygen atoms in total. The van der Waals surface area contributed by atoms with Crippen molar-refractivity contribution in [2.24, 2.45) is 4.99 Å². The van der Waals surface area contributed by atoms with Crippen molar-refractivity contribution in [2.75, 3.05) is 46.3 Å². The van der Waals surface area contributed by atoms with Crippen LogP contribution in [0.3, 0.4) is 0 Å². The predicted octanol–water partition coefficient (Wildman–Crippen LogP) is 2.78. The lowest BCUT2D eigenvalue weighted by atomic mass is 10.1. The van der Waals surface area contributed by atoms with Crippen LogP contribution in [0.2, 0.25) is 0 Å². The summed E-state index contributed by atoms with van der Waals surface area (Å²) in [5.41, 5.74) is 1.39. The molecule has 25 heavy (non-hydrogen) atoms. The van der Waals surface area contributed by atoms with E-state index in [1.807, 2.05) is 7.05 Å². The monoisotopic (exact) mass is 365 g/mol. The van der Waals surface area contributed by atoms with Gasteiger partial charge < -0.3 is 10.6 Å². The zero-order valence-corrected chi connectivity index (χ0v) is 17.1. The highest BCUT2D eigenvalue weighted by molar-refractivity contribution is 7.07. The van der Waals surface area contributed by atoms with Crippen molar-refractivity contribution in [3.63, 3.8) is 0 Å². The van der Waals surface area contributed by atoms with Gasteiger partial charge in [-0.1, -0.05) is 20.8 Å². The summed E-state index contributed by atoms with van der Waals surface area (Å²) in [6.07, 6.45) is 2.60. The van der Waals surface area contributed by atoms with E-state index in [-0.39, 0.29) is 0 Å². The van der Waals surface area contributed by atoms with Gasteiger partial charge in [-0.25, -0.2) is 0 Å². The molecule has 0 spiro atoms. The molecule has 2 heterocycles. The molecular weight excluding hydrogens is 330 g/mol. The first-order valence-electron chi connectivity index (χ1n) is 9.68. The maximum atomic E-state index is 4.42.